The standard InChI is InChI=1S/C22H35NO4/c1-5-27-18(25)21(4)10-6-9-20(3)14(21)8-12-22-13-19(2,11-7-15(20)22)16(23-26)17(22)24/h14-15,17,24,26H,5-13H2,1-4H3/b23-16+/t14-,15-,17-,19-,20+,21+,22-/m0/s1. The predicted molar refractivity (Wildman–Crippen MR) is 103 cm³/mol. The minimum absolute atomic E-state index is 0.0191. The smallest absolute Gasteiger partial charge is 0.312 e. The topological polar surface area (TPSA) is 79.1 Å². The number of carbonyl (C=O) groups excluding carboxylic acids is 1. The fourth-order valence-corrected chi connectivity index (χ4v) is 8.29. The lowest BCUT2D eigenvalue weighted by molar-refractivity contribution is -0.195. The van der Waals surface area contributed by atoms with Crippen LogP contribution in [0.5, 0.6) is 0 Å². The molecule has 27 heavy (non-hydrogen) atoms. The molecule has 4 rings (SSSR count). The van der Waals surface area contributed by atoms with Gasteiger partial charge in [-0.3, -0.25) is 4.79 Å². The van der Waals surface area contributed by atoms with Crippen LogP contribution in [0.4, 0.5) is 0 Å². The van der Waals surface area contributed by atoms with Crippen LogP contribution in [0.3, 0.4) is 0 Å². The molecule has 2 N–H and O–H groups in total. The van der Waals surface area contributed by atoms with Gasteiger partial charge in [-0.2, -0.15) is 0 Å². The summed E-state index contributed by atoms with van der Waals surface area (Å²) in [7, 11) is 0. The first kappa shape index (κ1) is 19.2. The van der Waals surface area contributed by atoms with E-state index in [-0.39, 0.29) is 22.2 Å². The first-order chi connectivity index (χ1) is 12.7. The van der Waals surface area contributed by atoms with Crippen LogP contribution in [0.15, 0.2) is 5.16 Å². The Morgan fingerprint density at radius 1 is 1.15 bits per heavy atom. The first-order valence-electron chi connectivity index (χ1n) is 10.8. The molecule has 4 aliphatic rings. The molecule has 0 radical (unpaired) electrons. The third-order valence-corrected chi connectivity index (χ3v) is 9.34. The van der Waals surface area contributed by atoms with Gasteiger partial charge in [-0.05, 0) is 76.0 Å². The van der Waals surface area contributed by atoms with Gasteiger partial charge < -0.3 is 15.1 Å². The average Bonchev–Trinajstić information content (AvgIpc) is 2.76. The zero-order valence-electron chi connectivity index (χ0n) is 17.3. The maximum atomic E-state index is 12.9. The Bertz CT molecular complexity index is 677. The third-order valence-electron chi connectivity index (χ3n) is 9.34. The summed E-state index contributed by atoms with van der Waals surface area (Å²) in [4.78, 5) is 12.9. The largest absolute Gasteiger partial charge is 0.466 e. The van der Waals surface area contributed by atoms with Crippen LogP contribution in [0.1, 0.15) is 79.1 Å². The molecule has 0 saturated heterocycles. The molecule has 152 valence electrons. The van der Waals surface area contributed by atoms with E-state index in [0.717, 1.165) is 51.4 Å². The van der Waals surface area contributed by atoms with Gasteiger partial charge in [0.25, 0.3) is 0 Å². The zero-order chi connectivity index (χ0) is 19.7. The van der Waals surface area contributed by atoms with E-state index in [1.165, 1.54) is 0 Å². The fourth-order valence-electron chi connectivity index (χ4n) is 8.29. The van der Waals surface area contributed by atoms with Crippen molar-refractivity contribution in [2.45, 2.75) is 85.2 Å². The average molecular weight is 378 g/mol. The van der Waals surface area contributed by atoms with Crippen molar-refractivity contribution in [1.29, 1.82) is 0 Å². The lowest BCUT2D eigenvalue weighted by Crippen LogP contribution is -2.60. The van der Waals surface area contributed by atoms with Gasteiger partial charge in [0, 0.05) is 10.8 Å². The minimum Gasteiger partial charge on any atom is -0.466 e. The summed E-state index contributed by atoms with van der Waals surface area (Å²) >= 11 is 0. The van der Waals surface area contributed by atoms with Gasteiger partial charge in [-0.25, -0.2) is 0 Å². The second-order valence-corrected chi connectivity index (χ2v) is 10.5. The van der Waals surface area contributed by atoms with Gasteiger partial charge in [-0.1, -0.05) is 25.4 Å². The van der Waals surface area contributed by atoms with Gasteiger partial charge in [0.2, 0.25) is 0 Å². The van der Waals surface area contributed by atoms with E-state index in [1.54, 1.807) is 0 Å². The molecule has 4 saturated carbocycles. The van der Waals surface area contributed by atoms with Crippen molar-refractivity contribution in [1.82, 2.24) is 0 Å². The molecule has 4 fully saturated rings. The van der Waals surface area contributed by atoms with Crippen LogP contribution >= 0.6 is 0 Å². The van der Waals surface area contributed by atoms with Crippen molar-refractivity contribution in [3.8, 4) is 0 Å². The van der Waals surface area contributed by atoms with E-state index in [0.29, 0.717) is 24.2 Å². The molecule has 5 nitrogen and oxygen atoms in total. The Labute approximate surface area is 162 Å². The number of hydrogen-bond acceptors (Lipinski definition) is 5. The second kappa shape index (κ2) is 5.95. The molecule has 1 spiro atoms. The minimum atomic E-state index is -0.659. The predicted octanol–water partition coefficient (Wildman–Crippen LogP) is 4.15. The third kappa shape index (κ3) is 2.27. The Kier molecular flexibility index (Phi) is 4.24. The summed E-state index contributed by atoms with van der Waals surface area (Å²) in [5, 5.41) is 24.4. The number of esters is 1. The lowest BCUT2D eigenvalue weighted by Gasteiger charge is -2.64. The summed E-state index contributed by atoms with van der Waals surface area (Å²) in [6, 6.07) is 0. The molecule has 0 aliphatic heterocycles. The van der Waals surface area contributed by atoms with Crippen LogP contribution in [-0.2, 0) is 9.53 Å². The Hall–Kier alpha value is -1.10. The van der Waals surface area contributed by atoms with E-state index in [2.05, 4.69) is 25.9 Å². The van der Waals surface area contributed by atoms with Crippen molar-refractivity contribution in [3.05, 3.63) is 0 Å². The summed E-state index contributed by atoms with van der Waals surface area (Å²) < 4.78 is 5.51. The molecule has 4 aliphatic carbocycles. The Morgan fingerprint density at radius 3 is 2.52 bits per heavy atom. The van der Waals surface area contributed by atoms with E-state index in [9.17, 15) is 15.1 Å². The van der Waals surface area contributed by atoms with Crippen molar-refractivity contribution in [2.24, 2.45) is 38.7 Å². The van der Waals surface area contributed by atoms with E-state index in [4.69, 9.17) is 4.74 Å². The maximum absolute atomic E-state index is 12.9. The van der Waals surface area contributed by atoms with Crippen molar-refractivity contribution >= 4 is 11.7 Å². The Morgan fingerprint density at radius 2 is 1.85 bits per heavy atom. The Balaban J connectivity index is 1.75. The van der Waals surface area contributed by atoms with Crippen LogP contribution in [0.2, 0.25) is 0 Å². The first-order valence-corrected chi connectivity index (χ1v) is 10.8. The highest BCUT2D eigenvalue weighted by molar-refractivity contribution is 5.96. The van der Waals surface area contributed by atoms with Crippen LogP contribution in [-0.4, -0.2) is 34.7 Å². The lowest BCUT2D eigenvalue weighted by atomic mass is 9.40. The van der Waals surface area contributed by atoms with E-state index >= 15 is 0 Å². The van der Waals surface area contributed by atoms with Gasteiger partial charge in [-0.15, -0.1) is 0 Å². The molecule has 0 amide bonds. The van der Waals surface area contributed by atoms with E-state index < -0.39 is 11.5 Å². The molecular formula is C22H35NO4. The molecule has 0 aromatic rings. The number of ether oxygens (including phenoxy) is 1. The van der Waals surface area contributed by atoms with Gasteiger partial charge in [0.05, 0.1) is 17.7 Å². The van der Waals surface area contributed by atoms with Crippen LogP contribution in [0.25, 0.3) is 0 Å². The molecule has 2 bridgehead atoms. The number of nitrogens with zero attached hydrogens (tertiary/aromatic N) is 1. The zero-order valence-corrected chi connectivity index (χ0v) is 17.3. The molecular weight excluding hydrogens is 342 g/mol. The van der Waals surface area contributed by atoms with Gasteiger partial charge in [0.15, 0.2) is 0 Å². The number of oxime groups is 1. The number of fused-ring (bicyclic) bond motifs is 3. The number of carbonyl (C=O) groups is 1. The van der Waals surface area contributed by atoms with Crippen LogP contribution in [0, 0.1) is 33.5 Å². The number of aliphatic hydroxyl groups is 1. The molecule has 0 aromatic heterocycles. The van der Waals surface area contributed by atoms with E-state index in [1.807, 2.05) is 6.92 Å². The molecule has 0 unspecified atom stereocenters. The quantitative estimate of drug-likeness (QED) is 0.430. The molecule has 0 heterocycles. The fraction of sp³-hybridized carbons (Fsp3) is 0.909. The number of rotatable bonds is 2. The normalized spacial score (nSPS) is 52.9. The number of hydrogen-bond donors (Lipinski definition) is 2. The summed E-state index contributed by atoms with van der Waals surface area (Å²) in [5.41, 5.74) is -0.204. The SMILES string of the molecule is CCOC(=O)[C@]1(C)CCC[C@@]2(C)[C@@H]3CC[C@@]4(C)C[C@]3(CC[C@@H]21)[C@@H](O)/C4=N\O. The summed E-state index contributed by atoms with van der Waals surface area (Å²) in [6.45, 7) is 8.94. The highest BCUT2D eigenvalue weighted by Crippen LogP contribution is 2.73. The molecule has 0 aromatic carbocycles. The summed E-state index contributed by atoms with van der Waals surface area (Å²) in [5.74, 6) is 0.613. The van der Waals surface area contributed by atoms with Crippen molar-refractivity contribution in [2.75, 3.05) is 6.61 Å². The highest BCUT2D eigenvalue weighted by Gasteiger charge is 2.71. The summed E-state index contributed by atoms with van der Waals surface area (Å²) in [6.07, 6.45) is 7.12. The van der Waals surface area contributed by atoms with Gasteiger partial charge >= 0.3 is 5.97 Å². The second-order valence-electron chi connectivity index (χ2n) is 10.5. The van der Waals surface area contributed by atoms with Crippen molar-refractivity contribution in [3.63, 3.8) is 0 Å². The highest BCUT2D eigenvalue weighted by atomic mass is 16.5. The number of aliphatic hydroxyl groups excluding tert-OH is 1. The molecule has 7 atom stereocenters. The molecule has 5 heteroatoms. The van der Waals surface area contributed by atoms with Crippen LogP contribution < -0.4 is 0 Å². The van der Waals surface area contributed by atoms with Gasteiger partial charge in [0.1, 0.15) is 6.10 Å². The maximum Gasteiger partial charge on any atom is 0.312 e. The van der Waals surface area contributed by atoms with Crippen molar-refractivity contribution < 1.29 is 19.8 Å². The monoisotopic (exact) mass is 377 g/mol.